The SMILES string of the molecule is O=C(NCc1cccnc1)c1c2nc(=O)n3c1OP(=O)(ON2)OO[C@@H]1[C@@H](CO)OC3[C@@H]1O. The number of aliphatic hydroxyl groups is 2. The molecule has 0 saturated carbocycles. The molecule has 16 heteroatoms. The first-order chi connectivity index (χ1) is 15.4. The van der Waals surface area contributed by atoms with Crippen LogP contribution in [-0.4, -0.2) is 55.6 Å². The molecule has 0 radical (unpaired) electrons. The van der Waals surface area contributed by atoms with E-state index in [-0.39, 0.29) is 12.1 Å². The highest BCUT2D eigenvalue weighted by molar-refractivity contribution is 7.48. The second-order valence-electron chi connectivity index (χ2n) is 6.94. The van der Waals surface area contributed by atoms with Gasteiger partial charge < -0.3 is 24.8 Å². The van der Waals surface area contributed by atoms with Gasteiger partial charge in [0.2, 0.25) is 5.88 Å². The van der Waals surface area contributed by atoms with Crippen LogP contribution in [0.25, 0.3) is 0 Å². The number of phosphoric acid groups is 1. The van der Waals surface area contributed by atoms with Crippen molar-refractivity contribution in [2.45, 2.75) is 31.1 Å². The van der Waals surface area contributed by atoms with Gasteiger partial charge in [0, 0.05) is 18.9 Å². The molecule has 5 rings (SSSR count). The molecule has 3 aliphatic rings. The second kappa shape index (κ2) is 7.90. The molecule has 1 fully saturated rings. The minimum atomic E-state index is -4.62. The van der Waals surface area contributed by atoms with Crippen LogP contribution < -0.4 is 21.0 Å². The molecule has 4 N–H and O–H groups in total. The predicted octanol–water partition coefficient (Wildman–Crippen LogP) is -1.01. The Bertz CT molecular complexity index is 1160. The Morgan fingerprint density at radius 3 is 3.00 bits per heavy atom. The van der Waals surface area contributed by atoms with Crippen LogP contribution in [-0.2, 0) is 30.0 Å². The summed E-state index contributed by atoms with van der Waals surface area (Å²) in [6, 6.07) is 3.41. The summed E-state index contributed by atoms with van der Waals surface area (Å²) >= 11 is 0. The molecule has 2 aromatic heterocycles. The van der Waals surface area contributed by atoms with E-state index in [9.17, 15) is 24.4 Å². The molecule has 2 aromatic rings. The minimum absolute atomic E-state index is 0.0556. The number of pyridine rings is 1. The second-order valence-corrected chi connectivity index (χ2v) is 8.35. The quantitative estimate of drug-likeness (QED) is 0.315. The van der Waals surface area contributed by atoms with Gasteiger partial charge in [-0.1, -0.05) is 6.07 Å². The summed E-state index contributed by atoms with van der Waals surface area (Å²) in [5.74, 6) is -1.79. The average Bonchev–Trinajstić information content (AvgIpc) is 3.06. The summed E-state index contributed by atoms with van der Waals surface area (Å²) in [4.78, 5) is 38.4. The zero-order valence-electron chi connectivity index (χ0n) is 16.0. The molecule has 1 amide bonds. The third-order valence-electron chi connectivity index (χ3n) is 4.93. The Balaban J connectivity index is 1.61. The van der Waals surface area contributed by atoms with Crippen molar-refractivity contribution in [2.75, 3.05) is 12.1 Å². The minimum Gasteiger partial charge on any atom is -0.394 e. The molecule has 0 aromatic carbocycles. The fraction of sp³-hybridized carbons (Fsp3) is 0.375. The number of anilines is 1. The lowest BCUT2D eigenvalue weighted by Gasteiger charge is -2.21. The molecular formula is C16H16N5O10P. The summed E-state index contributed by atoms with van der Waals surface area (Å²) in [6.07, 6.45) is -2.48. The van der Waals surface area contributed by atoms with Gasteiger partial charge in [0.1, 0.15) is 17.8 Å². The molecule has 5 atom stereocenters. The predicted molar refractivity (Wildman–Crippen MR) is 99.8 cm³/mol. The Hall–Kier alpha value is -2.91. The van der Waals surface area contributed by atoms with Crippen LogP contribution in [0.3, 0.4) is 0 Å². The first kappa shape index (κ1) is 21.0. The number of ether oxygens (including phenoxy) is 1. The van der Waals surface area contributed by atoms with Crippen molar-refractivity contribution < 1.29 is 43.0 Å². The lowest BCUT2D eigenvalue weighted by Crippen LogP contribution is -2.38. The smallest absolute Gasteiger partial charge is 0.394 e. The zero-order valence-corrected chi connectivity index (χ0v) is 16.9. The third kappa shape index (κ3) is 3.45. The van der Waals surface area contributed by atoms with Gasteiger partial charge in [-0.05, 0) is 11.6 Å². The van der Waals surface area contributed by atoms with Gasteiger partial charge in [-0.3, -0.25) is 9.78 Å². The van der Waals surface area contributed by atoms with E-state index in [1.807, 2.05) is 0 Å². The number of aliphatic hydroxyl groups excluding tert-OH is 2. The van der Waals surface area contributed by atoms with E-state index in [2.05, 4.69) is 20.8 Å². The highest BCUT2D eigenvalue weighted by atomic mass is 31.2. The fourth-order valence-corrected chi connectivity index (χ4v) is 4.33. The molecule has 170 valence electrons. The molecular weight excluding hydrogens is 453 g/mol. The first-order valence-electron chi connectivity index (χ1n) is 9.27. The van der Waals surface area contributed by atoms with E-state index in [0.29, 0.717) is 10.1 Å². The van der Waals surface area contributed by atoms with Crippen LogP contribution in [0.5, 0.6) is 5.88 Å². The molecule has 3 aliphatic heterocycles. The number of carbonyl (C=O) groups excluding carboxylic acids is 1. The highest BCUT2D eigenvalue weighted by Crippen LogP contribution is 2.55. The van der Waals surface area contributed by atoms with Crippen LogP contribution in [0.15, 0.2) is 29.3 Å². The largest absolute Gasteiger partial charge is 0.581 e. The fourth-order valence-electron chi connectivity index (χ4n) is 3.44. The summed E-state index contributed by atoms with van der Waals surface area (Å²) in [5.41, 5.74) is 1.42. The van der Waals surface area contributed by atoms with Crippen molar-refractivity contribution >= 4 is 19.5 Å². The van der Waals surface area contributed by atoms with Crippen LogP contribution in [0, 0.1) is 0 Å². The molecule has 1 saturated heterocycles. The lowest BCUT2D eigenvalue weighted by atomic mass is 10.1. The maximum atomic E-state index is 13.0. The number of hydrogen-bond donors (Lipinski definition) is 4. The molecule has 5 heterocycles. The summed E-state index contributed by atoms with van der Waals surface area (Å²) < 4.78 is 34.1. The van der Waals surface area contributed by atoms with E-state index in [1.54, 1.807) is 18.3 Å². The monoisotopic (exact) mass is 469 g/mol. The van der Waals surface area contributed by atoms with Crippen molar-refractivity contribution in [1.29, 1.82) is 0 Å². The van der Waals surface area contributed by atoms with Crippen molar-refractivity contribution in [3.8, 4) is 5.88 Å². The van der Waals surface area contributed by atoms with Crippen molar-refractivity contribution in [3.05, 3.63) is 46.1 Å². The van der Waals surface area contributed by atoms with Gasteiger partial charge in [-0.15, -0.1) is 4.67 Å². The standard InChI is InChI=1S/C16H16N5O10P/c22-6-8-11-10(23)15(27-8)21-14-9(13(24)18-5-7-2-1-3-17-4-7)12(19-16(21)25)20-30-32(26,29-14)31-28-11/h1-4,8,10-11,15,22-23H,5-6H2,(H,18,24)(H,19,20,25)/t8-,10-,11-,15?,32?/m1/s1. The molecule has 5 bridgehead atoms. The number of aromatic nitrogens is 3. The Morgan fingerprint density at radius 1 is 1.41 bits per heavy atom. The van der Waals surface area contributed by atoms with E-state index in [1.165, 1.54) is 6.20 Å². The van der Waals surface area contributed by atoms with E-state index in [4.69, 9.17) is 23.4 Å². The Morgan fingerprint density at radius 2 is 2.25 bits per heavy atom. The van der Waals surface area contributed by atoms with Crippen molar-refractivity contribution in [2.24, 2.45) is 0 Å². The van der Waals surface area contributed by atoms with Crippen LogP contribution in [0.4, 0.5) is 5.82 Å². The van der Waals surface area contributed by atoms with Crippen molar-refractivity contribution in [1.82, 2.24) is 19.9 Å². The number of nitrogens with one attached hydrogen (secondary N) is 2. The maximum absolute atomic E-state index is 13.0. The Labute approximate surface area is 178 Å². The normalized spacial score (nSPS) is 30.3. The van der Waals surface area contributed by atoms with E-state index in [0.717, 1.165) is 0 Å². The topological polar surface area (TPSA) is 193 Å². The highest BCUT2D eigenvalue weighted by Gasteiger charge is 2.53. The third-order valence-corrected chi connectivity index (χ3v) is 5.91. The first-order valence-corrected chi connectivity index (χ1v) is 10.7. The summed E-state index contributed by atoms with van der Waals surface area (Å²) in [6.45, 7) is -0.570. The number of nitrogens with zero attached hydrogens (tertiary/aromatic N) is 3. The van der Waals surface area contributed by atoms with Gasteiger partial charge in [-0.25, -0.2) is 24.3 Å². The van der Waals surface area contributed by atoms with Gasteiger partial charge in [0.25, 0.3) is 5.91 Å². The molecule has 15 nitrogen and oxygen atoms in total. The molecule has 0 spiro atoms. The van der Waals surface area contributed by atoms with E-state index < -0.39 is 62.3 Å². The van der Waals surface area contributed by atoms with Crippen LogP contribution in [0.2, 0.25) is 0 Å². The Kier molecular flexibility index (Phi) is 5.17. The van der Waals surface area contributed by atoms with Gasteiger partial charge >= 0.3 is 13.5 Å². The number of rotatable bonds is 4. The van der Waals surface area contributed by atoms with Gasteiger partial charge in [0.15, 0.2) is 18.1 Å². The van der Waals surface area contributed by atoms with Gasteiger partial charge in [0.05, 0.1) is 6.61 Å². The lowest BCUT2D eigenvalue weighted by molar-refractivity contribution is -0.280. The van der Waals surface area contributed by atoms with Crippen LogP contribution >= 0.6 is 7.82 Å². The van der Waals surface area contributed by atoms with Gasteiger partial charge in [-0.2, -0.15) is 9.61 Å². The van der Waals surface area contributed by atoms with Crippen LogP contribution in [0.1, 0.15) is 22.1 Å². The number of amides is 1. The van der Waals surface area contributed by atoms with E-state index >= 15 is 0 Å². The summed E-state index contributed by atoms with van der Waals surface area (Å²) in [7, 11) is -4.62. The number of hydrogen-bond acceptors (Lipinski definition) is 13. The number of fused-ring (bicyclic) bond motifs is 5. The molecule has 0 aliphatic carbocycles. The molecule has 2 unspecified atom stereocenters. The average molecular weight is 469 g/mol. The summed E-state index contributed by atoms with van der Waals surface area (Å²) in [5, 5.41) is 22.7. The molecule has 32 heavy (non-hydrogen) atoms. The number of carbonyl (C=O) groups is 1. The maximum Gasteiger partial charge on any atom is 0.581 e. The van der Waals surface area contributed by atoms with Crippen molar-refractivity contribution in [3.63, 3.8) is 0 Å². The zero-order chi connectivity index (χ0) is 22.5.